The predicted molar refractivity (Wildman–Crippen MR) is 78.2 cm³/mol. The number of amides is 1. The van der Waals surface area contributed by atoms with Crippen molar-refractivity contribution in [3.63, 3.8) is 0 Å². The van der Waals surface area contributed by atoms with Crippen LogP contribution >= 0.6 is 0 Å². The Morgan fingerprint density at radius 1 is 1.53 bits per heavy atom. The van der Waals surface area contributed by atoms with Crippen molar-refractivity contribution in [1.82, 2.24) is 4.90 Å². The van der Waals surface area contributed by atoms with E-state index >= 15 is 0 Å². The van der Waals surface area contributed by atoms with Crippen LogP contribution in [0.25, 0.3) is 0 Å². The second-order valence-electron chi connectivity index (χ2n) is 5.61. The highest BCUT2D eigenvalue weighted by atomic mass is 16.2. The van der Waals surface area contributed by atoms with Gasteiger partial charge in [0.25, 0.3) is 0 Å². The number of nitrogens with zero attached hydrogens (tertiary/aromatic N) is 1. The smallest absolute Gasteiger partial charge is 0.238 e. The van der Waals surface area contributed by atoms with Gasteiger partial charge in [0.15, 0.2) is 0 Å². The molecular weight excluding hydrogens is 238 g/mol. The van der Waals surface area contributed by atoms with E-state index in [1.165, 1.54) is 5.56 Å². The average Bonchev–Trinajstić information content (AvgIpc) is 2.74. The molecule has 1 aliphatic heterocycles. The predicted octanol–water partition coefficient (Wildman–Crippen LogP) is 1.78. The first kappa shape index (κ1) is 14.0. The zero-order valence-corrected chi connectivity index (χ0v) is 11.7. The fourth-order valence-electron chi connectivity index (χ4n) is 2.39. The molecular formula is C15H23N3O. The Bertz CT molecular complexity index is 445. The Labute approximate surface area is 115 Å². The molecule has 1 amide bonds. The Hall–Kier alpha value is -1.39. The lowest BCUT2D eigenvalue weighted by atomic mass is 10.0. The molecule has 104 valence electrons. The minimum Gasteiger partial charge on any atom is -0.326 e. The molecule has 0 aliphatic carbocycles. The second kappa shape index (κ2) is 6.17. The van der Waals surface area contributed by atoms with Crippen LogP contribution in [0, 0.1) is 0 Å². The van der Waals surface area contributed by atoms with Crippen LogP contribution in [0.15, 0.2) is 24.3 Å². The summed E-state index contributed by atoms with van der Waals surface area (Å²) in [5, 5.41) is 2.96. The van der Waals surface area contributed by atoms with Crippen LogP contribution in [0.2, 0.25) is 0 Å². The Morgan fingerprint density at radius 2 is 2.32 bits per heavy atom. The molecule has 2 rings (SSSR count). The van der Waals surface area contributed by atoms with Gasteiger partial charge in [0.2, 0.25) is 5.91 Å². The number of carbonyl (C=O) groups excluding carboxylic acids is 1. The normalized spacial score (nSPS) is 19.9. The maximum atomic E-state index is 12.0. The molecule has 4 nitrogen and oxygen atoms in total. The first-order valence-corrected chi connectivity index (χ1v) is 6.92. The lowest BCUT2D eigenvalue weighted by molar-refractivity contribution is -0.117. The van der Waals surface area contributed by atoms with Gasteiger partial charge in [-0.15, -0.1) is 0 Å². The highest BCUT2D eigenvalue weighted by molar-refractivity contribution is 5.92. The van der Waals surface area contributed by atoms with Crippen LogP contribution in [-0.4, -0.2) is 36.5 Å². The number of benzene rings is 1. The SMILES string of the molecule is CC(C)c1cccc(NC(=O)CN2CC[C@@H](N)C2)c1. The van der Waals surface area contributed by atoms with E-state index < -0.39 is 0 Å². The van der Waals surface area contributed by atoms with Crippen LogP contribution in [-0.2, 0) is 4.79 Å². The molecule has 1 saturated heterocycles. The van der Waals surface area contributed by atoms with Gasteiger partial charge in [-0.2, -0.15) is 0 Å². The van der Waals surface area contributed by atoms with Gasteiger partial charge in [0.05, 0.1) is 6.54 Å². The first-order valence-electron chi connectivity index (χ1n) is 6.92. The summed E-state index contributed by atoms with van der Waals surface area (Å²) in [6.45, 7) is 6.46. The molecule has 1 heterocycles. The minimum absolute atomic E-state index is 0.0370. The zero-order valence-electron chi connectivity index (χ0n) is 11.7. The van der Waals surface area contributed by atoms with Gasteiger partial charge in [-0.05, 0) is 30.0 Å². The van der Waals surface area contributed by atoms with Crippen molar-refractivity contribution in [1.29, 1.82) is 0 Å². The van der Waals surface area contributed by atoms with E-state index in [9.17, 15) is 4.79 Å². The molecule has 1 aliphatic rings. The number of likely N-dealkylation sites (tertiary alicyclic amines) is 1. The molecule has 1 aromatic rings. The molecule has 0 spiro atoms. The van der Waals surface area contributed by atoms with Crippen LogP contribution < -0.4 is 11.1 Å². The quantitative estimate of drug-likeness (QED) is 0.868. The fourth-order valence-corrected chi connectivity index (χ4v) is 2.39. The van der Waals surface area contributed by atoms with Crippen molar-refractivity contribution in [2.24, 2.45) is 5.73 Å². The number of anilines is 1. The summed E-state index contributed by atoms with van der Waals surface area (Å²) in [6, 6.07) is 8.26. The Morgan fingerprint density at radius 3 is 2.95 bits per heavy atom. The molecule has 0 radical (unpaired) electrons. The maximum absolute atomic E-state index is 12.0. The number of hydrogen-bond donors (Lipinski definition) is 2. The van der Waals surface area contributed by atoms with Crippen molar-refractivity contribution < 1.29 is 4.79 Å². The molecule has 1 atom stereocenters. The first-order chi connectivity index (χ1) is 9.04. The van der Waals surface area contributed by atoms with Gasteiger partial charge in [-0.25, -0.2) is 0 Å². The lowest BCUT2D eigenvalue weighted by Gasteiger charge is -2.15. The Balaban J connectivity index is 1.90. The van der Waals surface area contributed by atoms with Gasteiger partial charge in [0, 0.05) is 24.8 Å². The second-order valence-corrected chi connectivity index (χ2v) is 5.61. The summed E-state index contributed by atoms with van der Waals surface area (Å²) < 4.78 is 0. The van der Waals surface area contributed by atoms with E-state index in [4.69, 9.17) is 5.73 Å². The highest BCUT2D eigenvalue weighted by Crippen LogP contribution is 2.18. The average molecular weight is 261 g/mol. The molecule has 3 N–H and O–H groups in total. The van der Waals surface area contributed by atoms with Gasteiger partial charge < -0.3 is 11.1 Å². The van der Waals surface area contributed by atoms with E-state index in [0.29, 0.717) is 12.5 Å². The van der Waals surface area contributed by atoms with Gasteiger partial charge >= 0.3 is 0 Å². The van der Waals surface area contributed by atoms with Crippen LogP contribution in [0.1, 0.15) is 31.7 Å². The van der Waals surface area contributed by atoms with Crippen LogP contribution in [0.4, 0.5) is 5.69 Å². The molecule has 0 aromatic heterocycles. The van der Waals surface area contributed by atoms with E-state index in [0.717, 1.165) is 25.2 Å². The molecule has 0 unspecified atom stereocenters. The lowest BCUT2D eigenvalue weighted by Crippen LogP contribution is -2.33. The minimum atomic E-state index is 0.0370. The summed E-state index contributed by atoms with van der Waals surface area (Å²) in [4.78, 5) is 14.1. The van der Waals surface area contributed by atoms with E-state index in [1.54, 1.807) is 0 Å². The van der Waals surface area contributed by atoms with E-state index in [-0.39, 0.29) is 11.9 Å². The van der Waals surface area contributed by atoms with Crippen molar-refractivity contribution >= 4 is 11.6 Å². The standard InChI is InChI=1S/C15H23N3O/c1-11(2)12-4-3-5-14(8-12)17-15(19)10-18-7-6-13(16)9-18/h3-5,8,11,13H,6-7,9-10,16H2,1-2H3,(H,17,19)/t13-/m1/s1. The molecule has 4 heteroatoms. The largest absolute Gasteiger partial charge is 0.326 e. The summed E-state index contributed by atoms with van der Waals surface area (Å²) >= 11 is 0. The van der Waals surface area contributed by atoms with E-state index in [2.05, 4.69) is 30.1 Å². The monoisotopic (exact) mass is 261 g/mol. The molecule has 0 saturated carbocycles. The third kappa shape index (κ3) is 4.04. The summed E-state index contributed by atoms with van der Waals surface area (Å²) in [6.07, 6.45) is 0.982. The van der Waals surface area contributed by atoms with Crippen molar-refractivity contribution in [2.75, 3.05) is 25.0 Å². The number of hydrogen-bond acceptors (Lipinski definition) is 3. The molecule has 1 aromatic carbocycles. The van der Waals surface area contributed by atoms with Crippen molar-refractivity contribution in [3.05, 3.63) is 29.8 Å². The molecule has 1 fully saturated rings. The van der Waals surface area contributed by atoms with Gasteiger partial charge in [0.1, 0.15) is 0 Å². The third-order valence-electron chi connectivity index (χ3n) is 3.51. The van der Waals surface area contributed by atoms with Crippen molar-refractivity contribution in [2.45, 2.75) is 32.2 Å². The van der Waals surface area contributed by atoms with Gasteiger partial charge in [-0.3, -0.25) is 9.69 Å². The maximum Gasteiger partial charge on any atom is 0.238 e. The van der Waals surface area contributed by atoms with Crippen molar-refractivity contribution in [3.8, 4) is 0 Å². The molecule has 19 heavy (non-hydrogen) atoms. The molecule has 0 bridgehead atoms. The Kier molecular flexibility index (Phi) is 4.56. The van der Waals surface area contributed by atoms with Gasteiger partial charge in [-0.1, -0.05) is 26.0 Å². The fraction of sp³-hybridized carbons (Fsp3) is 0.533. The number of rotatable bonds is 4. The third-order valence-corrected chi connectivity index (χ3v) is 3.51. The summed E-state index contributed by atoms with van der Waals surface area (Å²) in [5.74, 6) is 0.503. The van der Waals surface area contributed by atoms with Crippen LogP contribution in [0.5, 0.6) is 0 Å². The highest BCUT2D eigenvalue weighted by Gasteiger charge is 2.20. The number of nitrogens with two attached hydrogens (primary N) is 1. The topological polar surface area (TPSA) is 58.4 Å². The summed E-state index contributed by atoms with van der Waals surface area (Å²) in [7, 11) is 0. The number of nitrogens with one attached hydrogen (secondary N) is 1. The van der Waals surface area contributed by atoms with E-state index in [1.807, 2.05) is 18.2 Å². The zero-order chi connectivity index (χ0) is 13.8. The number of carbonyl (C=O) groups is 1. The van der Waals surface area contributed by atoms with Crippen LogP contribution in [0.3, 0.4) is 0 Å². The summed E-state index contributed by atoms with van der Waals surface area (Å²) in [5.41, 5.74) is 7.94.